The highest BCUT2D eigenvalue weighted by Gasteiger charge is 2.26. The van der Waals surface area contributed by atoms with E-state index < -0.39 is 0 Å². The van der Waals surface area contributed by atoms with Crippen LogP contribution in [0.1, 0.15) is 64.8 Å². The van der Waals surface area contributed by atoms with Gasteiger partial charge in [0.15, 0.2) is 0 Å². The van der Waals surface area contributed by atoms with E-state index in [9.17, 15) is 4.79 Å². The Morgan fingerprint density at radius 3 is 2.68 bits per heavy atom. The van der Waals surface area contributed by atoms with E-state index in [1.165, 1.54) is 31.2 Å². The summed E-state index contributed by atoms with van der Waals surface area (Å²) < 4.78 is 0. The Bertz CT molecular complexity index is 726. The molecule has 1 atom stereocenters. The van der Waals surface area contributed by atoms with E-state index in [4.69, 9.17) is 0 Å². The Hall–Kier alpha value is -2.14. The molecule has 5 heteroatoms. The van der Waals surface area contributed by atoms with Crippen LogP contribution in [0.2, 0.25) is 0 Å². The molecule has 2 fully saturated rings. The Balaban J connectivity index is 1.38. The summed E-state index contributed by atoms with van der Waals surface area (Å²) in [5, 5.41) is 10.9. The molecule has 2 N–H and O–H groups in total. The molecular weight excluding hydrogens is 312 g/mol. The van der Waals surface area contributed by atoms with Gasteiger partial charge in [0.25, 0.3) is 5.91 Å². The largest absolute Gasteiger partial charge is 0.336 e. The molecule has 0 spiro atoms. The molecule has 2 heterocycles. The molecule has 1 amide bonds. The highest BCUT2D eigenvalue weighted by atomic mass is 16.2. The van der Waals surface area contributed by atoms with Crippen molar-refractivity contribution in [2.75, 3.05) is 20.1 Å². The van der Waals surface area contributed by atoms with Gasteiger partial charge >= 0.3 is 0 Å². The van der Waals surface area contributed by atoms with Crippen LogP contribution in [0, 0.1) is 0 Å². The van der Waals surface area contributed by atoms with Gasteiger partial charge in [0.2, 0.25) is 0 Å². The fraction of sp³-hybridized carbons (Fsp3) is 0.500. The van der Waals surface area contributed by atoms with Gasteiger partial charge in [0, 0.05) is 25.1 Å². The predicted octanol–water partition coefficient (Wildman–Crippen LogP) is 3.03. The van der Waals surface area contributed by atoms with E-state index in [2.05, 4.69) is 33.7 Å². The van der Waals surface area contributed by atoms with Crippen LogP contribution >= 0.6 is 0 Å². The Labute approximate surface area is 148 Å². The number of nitrogens with zero attached hydrogens (tertiary/aromatic N) is 2. The van der Waals surface area contributed by atoms with Crippen molar-refractivity contribution >= 4 is 5.91 Å². The molecule has 5 nitrogen and oxygen atoms in total. The summed E-state index contributed by atoms with van der Waals surface area (Å²) in [6.45, 7) is 2.72. The normalized spacial score (nSPS) is 20.4. The maximum atomic E-state index is 12.7. The zero-order valence-electron chi connectivity index (χ0n) is 14.8. The molecular formula is C20H26N4O. The second-order valence-corrected chi connectivity index (χ2v) is 7.42. The van der Waals surface area contributed by atoms with E-state index in [1.54, 1.807) is 4.90 Å². The topological polar surface area (TPSA) is 61.0 Å². The van der Waals surface area contributed by atoms with Crippen LogP contribution in [0.4, 0.5) is 0 Å². The molecule has 2 aliphatic rings. The summed E-state index contributed by atoms with van der Waals surface area (Å²) in [7, 11) is 1.85. The van der Waals surface area contributed by atoms with Crippen LogP contribution < -0.4 is 5.32 Å². The fourth-order valence-corrected chi connectivity index (χ4v) is 3.63. The molecule has 4 rings (SSSR count). The van der Waals surface area contributed by atoms with Gasteiger partial charge in [-0.3, -0.25) is 9.89 Å². The van der Waals surface area contributed by atoms with Gasteiger partial charge < -0.3 is 10.2 Å². The zero-order chi connectivity index (χ0) is 17.2. The first-order valence-electron chi connectivity index (χ1n) is 9.31. The second-order valence-electron chi connectivity index (χ2n) is 7.42. The molecule has 0 unspecified atom stereocenters. The van der Waals surface area contributed by atoms with Crippen molar-refractivity contribution in [2.45, 2.75) is 44.1 Å². The van der Waals surface area contributed by atoms with Crippen molar-refractivity contribution in [3.05, 3.63) is 52.8 Å². The van der Waals surface area contributed by atoms with Crippen molar-refractivity contribution in [1.82, 2.24) is 20.4 Å². The van der Waals surface area contributed by atoms with Gasteiger partial charge in [-0.2, -0.15) is 5.10 Å². The lowest BCUT2D eigenvalue weighted by atomic mass is 9.91. The summed E-state index contributed by atoms with van der Waals surface area (Å²) >= 11 is 0. The lowest BCUT2D eigenvalue weighted by Crippen LogP contribution is -2.28. The minimum atomic E-state index is 0.0518. The van der Waals surface area contributed by atoms with Crippen LogP contribution in [0.15, 0.2) is 30.3 Å². The molecule has 0 radical (unpaired) electrons. The summed E-state index contributed by atoms with van der Waals surface area (Å²) in [5.41, 5.74) is 4.22. The van der Waals surface area contributed by atoms with Crippen molar-refractivity contribution in [2.24, 2.45) is 0 Å². The van der Waals surface area contributed by atoms with E-state index >= 15 is 0 Å². The molecule has 1 saturated carbocycles. The molecule has 0 bridgehead atoms. The number of carbonyl (C=O) groups excluding carboxylic acids is 1. The molecule has 1 aliphatic heterocycles. The highest BCUT2D eigenvalue weighted by molar-refractivity contribution is 5.94. The first-order chi connectivity index (χ1) is 12.2. The Kier molecular flexibility index (Phi) is 4.57. The number of H-pyrrole nitrogens is 1. The Morgan fingerprint density at radius 1 is 1.20 bits per heavy atom. The lowest BCUT2D eigenvalue weighted by Gasteiger charge is -2.23. The second kappa shape index (κ2) is 7.00. The minimum absolute atomic E-state index is 0.0518. The smallest absolute Gasteiger partial charge is 0.253 e. The number of amides is 1. The SMILES string of the molecule is CN(Cc1cc(C2CC2)n[nH]1)C(=O)c1ccc([C@@H]2CCCNC2)cc1. The number of benzene rings is 1. The number of hydrogen-bond donors (Lipinski definition) is 2. The van der Waals surface area contributed by atoms with E-state index in [0.717, 1.165) is 30.0 Å². The summed E-state index contributed by atoms with van der Waals surface area (Å²) in [6, 6.07) is 10.2. The fourth-order valence-electron chi connectivity index (χ4n) is 3.63. The van der Waals surface area contributed by atoms with Crippen LogP contribution in [-0.4, -0.2) is 41.1 Å². The molecule has 1 saturated heterocycles. The Morgan fingerprint density at radius 2 is 2.00 bits per heavy atom. The molecule has 1 aromatic heterocycles. The number of hydrogen-bond acceptors (Lipinski definition) is 3. The number of aromatic nitrogens is 2. The molecule has 1 aliphatic carbocycles. The third kappa shape index (κ3) is 3.76. The van der Waals surface area contributed by atoms with Crippen molar-refractivity contribution in [3.63, 3.8) is 0 Å². The quantitative estimate of drug-likeness (QED) is 0.881. The monoisotopic (exact) mass is 338 g/mol. The number of nitrogens with one attached hydrogen (secondary N) is 2. The predicted molar refractivity (Wildman–Crippen MR) is 97.6 cm³/mol. The third-order valence-corrected chi connectivity index (χ3v) is 5.33. The summed E-state index contributed by atoms with van der Waals surface area (Å²) in [5.74, 6) is 1.25. The standard InChI is InChI=1S/C20H26N4O/c1-24(13-18-11-19(23-22-18)15-6-7-15)20(25)16-8-4-14(5-9-16)17-3-2-10-21-12-17/h4-5,8-9,11,15,17,21H,2-3,6-7,10,12-13H2,1H3,(H,22,23)/t17-/m1/s1. The van der Waals surface area contributed by atoms with Gasteiger partial charge in [-0.15, -0.1) is 0 Å². The van der Waals surface area contributed by atoms with Crippen molar-refractivity contribution < 1.29 is 4.79 Å². The number of rotatable bonds is 5. The van der Waals surface area contributed by atoms with Crippen LogP contribution in [0.3, 0.4) is 0 Å². The maximum Gasteiger partial charge on any atom is 0.253 e. The number of carbonyl (C=O) groups is 1. The van der Waals surface area contributed by atoms with Gasteiger partial charge in [0.1, 0.15) is 0 Å². The van der Waals surface area contributed by atoms with Crippen molar-refractivity contribution in [3.8, 4) is 0 Å². The van der Waals surface area contributed by atoms with Crippen LogP contribution in [-0.2, 0) is 6.54 Å². The summed E-state index contributed by atoms with van der Waals surface area (Å²) in [6.07, 6.45) is 4.92. The number of aromatic amines is 1. The zero-order valence-corrected chi connectivity index (χ0v) is 14.8. The lowest BCUT2D eigenvalue weighted by molar-refractivity contribution is 0.0783. The maximum absolute atomic E-state index is 12.7. The van der Waals surface area contributed by atoms with Gasteiger partial charge in [-0.25, -0.2) is 0 Å². The molecule has 1 aromatic carbocycles. The third-order valence-electron chi connectivity index (χ3n) is 5.33. The summed E-state index contributed by atoms with van der Waals surface area (Å²) in [4.78, 5) is 14.4. The average molecular weight is 338 g/mol. The van der Waals surface area contributed by atoms with Gasteiger partial charge in [-0.1, -0.05) is 12.1 Å². The van der Waals surface area contributed by atoms with Crippen LogP contribution in [0.25, 0.3) is 0 Å². The van der Waals surface area contributed by atoms with E-state index in [1.807, 2.05) is 19.2 Å². The highest BCUT2D eigenvalue weighted by Crippen LogP contribution is 2.39. The van der Waals surface area contributed by atoms with E-state index in [0.29, 0.717) is 18.4 Å². The number of piperidine rings is 1. The average Bonchev–Trinajstić information content (AvgIpc) is 3.41. The molecule has 2 aromatic rings. The molecule has 25 heavy (non-hydrogen) atoms. The van der Waals surface area contributed by atoms with Gasteiger partial charge in [0.05, 0.1) is 17.9 Å². The van der Waals surface area contributed by atoms with Gasteiger partial charge in [-0.05, 0) is 61.9 Å². The first-order valence-corrected chi connectivity index (χ1v) is 9.31. The van der Waals surface area contributed by atoms with E-state index in [-0.39, 0.29) is 5.91 Å². The molecule has 132 valence electrons. The van der Waals surface area contributed by atoms with Crippen molar-refractivity contribution in [1.29, 1.82) is 0 Å². The minimum Gasteiger partial charge on any atom is -0.336 e. The van der Waals surface area contributed by atoms with Crippen LogP contribution in [0.5, 0.6) is 0 Å². The first kappa shape index (κ1) is 16.3.